The largest absolute Gasteiger partial charge is 0.339 e. The van der Waals surface area contributed by atoms with E-state index in [0.29, 0.717) is 13.0 Å². The van der Waals surface area contributed by atoms with Crippen LogP contribution in [-0.2, 0) is 17.8 Å². The summed E-state index contributed by atoms with van der Waals surface area (Å²) in [5, 5.41) is 2.88. The van der Waals surface area contributed by atoms with Gasteiger partial charge in [-0.1, -0.05) is 12.1 Å². The van der Waals surface area contributed by atoms with Crippen molar-refractivity contribution in [1.82, 2.24) is 14.5 Å². The fourth-order valence-electron chi connectivity index (χ4n) is 2.22. The minimum absolute atomic E-state index is 0.101. The summed E-state index contributed by atoms with van der Waals surface area (Å²) >= 11 is 1.57. The molecule has 0 saturated carbocycles. The van der Waals surface area contributed by atoms with Gasteiger partial charge in [0.15, 0.2) is 0 Å². The average molecular weight is 311 g/mol. The number of carbonyl (C=O) groups excluding carboxylic acids is 1. The lowest BCUT2D eigenvalue weighted by molar-refractivity contribution is -0.129. The number of hydrogen-bond acceptors (Lipinski definition) is 3. The number of rotatable bonds is 5. The molecule has 0 aliphatic rings. The first-order chi connectivity index (χ1) is 10.7. The number of aromatic nitrogens is 2. The fraction of sp³-hybridized carbons (Fsp3) is 0.176. The second kappa shape index (κ2) is 6.58. The van der Waals surface area contributed by atoms with Crippen LogP contribution < -0.4 is 0 Å². The Morgan fingerprint density at radius 1 is 1.23 bits per heavy atom. The van der Waals surface area contributed by atoms with Gasteiger partial charge in [-0.25, -0.2) is 4.98 Å². The lowest BCUT2D eigenvalue weighted by atomic mass is 10.1. The molecule has 2 heterocycles. The van der Waals surface area contributed by atoms with Gasteiger partial charge in [0, 0.05) is 36.7 Å². The molecule has 0 saturated heterocycles. The molecule has 0 unspecified atom stereocenters. The highest BCUT2D eigenvalue weighted by Crippen LogP contribution is 2.12. The van der Waals surface area contributed by atoms with Crippen molar-refractivity contribution in [3.05, 3.63) is 70.9 Å². The van der Waals surface area contributed by atoms with Gasteiger partial charge in [0.2, 0.25) is 5.91 Å². The van der Waals surface area contributed by atoms with Crippen molar-refractivity contribution < 1.29 is 4.79 Å². The summed E-state index contributed by atoms with van der Waals surface area (Å²) < 4.78 is 2.04. The van der Waals surface area contributed by atoms with Gasteiger partial charge < -0.3 is 9.47 Å². The van der Waals surface area contributed by atoms with Crippen molar-refractivity contribution in [3.63, 3.8) is 0 Å². The Labute approximate surface area is 133 Å². The molecule has 3 rings (SSSR count). The maximum absolute atomic E-state index is 12.2. The summed E-state index contributed by atoms with van der Waals surface area (Å²) in [6, 6.07) is 12.1. The zero-order chi connectivity index (χ0) is 15.4. The molecule has 5 heteroatoms. The van der Waals surface area contributed by atoms with Gasteiger partial charge in [0.25, 0.3) is 0 Å². The fourth-order valence-corrected chi connectivity index (χ4v) is 2.89. The van der Waals surface area contributed by atoms with E-state index in [9.17, 15) is 4.79 Å². The molecule has 0 bridgehead atoms. The van der Waals surface area contributed by atoms with Gasteiger partial charge in [-0.3, -0.25) is 4.79 Å². The van der Waals surface area contributed by atoms with Crippen LogP contribution >= 0.6 is 11.3 Å². The third kappa shape index (κ3) is 3.43. The highest BCUT2D eigenvalue weighted by atomic mass is 32.1. The van der Waals surface area contributed by atoms with Crippen LogP contribution in [0.4, 0.5) is 0 Å². The molecular weight excluding hydrogens is 294 g/mol. The molecule has 0 fully saturated rings. The zero-order valence-electron chi connectivity index (χ0n) is 12.3. The molecule has 0 atom stereocenters. The predicted molar refractivity (Wildman–Crippen MR) is 88.1 cm³/mol. The Hall–Kier alpha value is -2.40. The molecule has 112 valence electrons. The Morgan fingerprint density at radius 3 is 2.59 bits per heavy atom. The second-order valence-electron chi connectivity index (χ2n) is 5.11. The normalized spacial score (nSPS) is 10.6. The first-order valence-electron chi connectivity index (χ1n) is 7.07. The highest BCUT2D eigenvalue weighted by Gasteiger charge is 2.11. The smallest absolute Gasteiger partial charge is 0.227 e. The van der Waals surface area contributed by atoms with Gasteiger partial charge in [-0.2, -0.15) is 0 Å². The molecule has 1 amide bonds. The number of nitrogens with zero attached hydrogens (tertiary/aromatic N) is 3. The number of benzene rings is 1. The second-order valence-corrected chi connectivity index (χ2v) is 6.09. The van der Waals surface area contributed by atoms with Crippen LogP contribution in [0.1, 0.15) is 10.6 Å². The minimum atomic E-state index is 0.101. The van der Waals surface area contributed by atoms with Crippen molar-refractivity contribution in [2.45, 2.75) is 13.0 Å². The van der Waals surface area contributed by atoms with Crippen molar-refractivity contribution >= 4 is 17.2 Å². The Kier molecular flexibility index (Phi) is 4.34. The van der Waals surface area contributed by atoms with Crippen molar-refractivity contribution in [3.8, 4) is 5.69 Å². The van der Waals surface area contributed by atoms with Gasteiger partial charge >= 0.3 is 0 Å². The summed E-state index contributed by atoms with van der Waals surface area (Å²) in [6.07, 6.45) is 6.18. The lowest BCUT2D eigenvalue weighted by Crippen LogP contribution is -2.27. The predicted octanol–water partition coefficient (Wildman–Crippen LogP) is 3.13. The number of carbonyl (C=O) groups is 1. The van der Waals surface area contributed by atoms with Crippen LogP contribution in [0.3, 0.4) is 0 Å². The third-order valence-corrected chi connectivity index (χ3v) is 4.24. The number of amides is 1. The topological polar surface area (TPSA) is 38.1 Å². The van der Waals surface area contributed by atoms with Crippen molar-refractivity contribution in [1.29, 1.82) is 0 Å². The minimum Gasteiger partial charge on any atom is -0.339 e. The lowest BCUT2D eigenvalue weighted by Gasteiger charge is -2.15. The summed E-state index contributed by atoms with van der Waals surface area (Å²) in [7, 11) is 1.82. The molecule has 22 heavy (non-hydrogen) atoms. The molecule has 2 aromatic heterocycles. The molecular formula is C17H17N3OS. The first kappa shape index (κ1) is 14.5. The van der Waals surface area contributed by atoms with E-state index in [-0.39, 0.29) is 5.91 Å². The maximum atomic E-state index is 12.2. The Balaban J connectivity index is 1.61. The monoisotopic (exact) mass is 311 g/mol. The first-order valence-corrected chi connectivity index (χ1v) is 7.95. The van der Waals surface area contributed by atoms with Crippen LogP contribution in [0, 0.1) is 0 Å². The van der Waals surface area contributed by atoms with Gasteiger partial charge in [0.05, 0.1) is 13.0 Å². The summed E-state index contributed by atoms with van der Waals surface area (Å²) in [5.41, 5.74) is 2.12. The van der Waals surface area contributed by atoms with E-state index >= 15 is 0 Å². The molecule has 1 aromatic carbocycles. The number of likely N-dealkylation sites (N-methyl/N-ethyl adjacent to an activating group) is 1. The Bertz CT molecular complexity index is 718. The average Bonchev–Trinajstić information content (AvgIpc) is 3.21. The van der Waals surface area contributed by atoms with Crippen molar-refractivity contribution in [2.75, 3.05) is 7.05 Å². The summed E-state index contributed by atoms with van der Waals surface area (Å²) in [6.45, 7) is 0.567. The van der Waals surface area contributed by atoms with Crippen LogP contribution in [0.15, 0.2) is 60.4 Å². The molecule has 0 radical (unpaired) electrons. The highest BCUT2D eigenvalue weighted by molar-refractivity contribution is 7.09. The summed E-state index contributed by atoms with van der Waals surface area (Å²) in [5.74, 6) is 0.101. The van der Waals surface area contributed by atoms with Crippen LogP contribution in [0.5, 0.6) is 0 Å². The van der Waals surface area contributed by atoms with Crippen molar-refractivity contribution in [2.24, 2.45) is 0 Å². The number of hydrogen-bond donors (Lipinski definition) is 0. The zero-order valence-corrected chi connectivity index (χ0v) is 13.2. The van der Waals surface area contributed by atoms with Gasteiger partial charge in [0.1, 0.15) is 5.01 Å². The third-order valence-electron chi connectivity index (χ3n) is 3.48. The van der Waals surface area contributed by atoms with Crippen LogP contribution in [0.2, 0.25) is 0 Å². The molecule has 0 N–H and O–H groups in total. The van der Waals surface area contributed by atoms with E-state index in [1.54, 1.807) is 22.4 Å². The van der Waals surface area contributed by atoms with E-state index in [0.717, 1.165) is 16.3 Å². The molecule has 0 aliphatic carbocycles. The van der Waals surface area contributed by atoms with E-state index in [2.05, 4.69) is 4.98 Å². The van der Waals surface area contributed by atoms with Gasteiger partial charge in [-0.15, -0.1) is 11.3 Å². The maximum Gasteiger partial charge on any atom is 0.227 e. The van der Waals surface area contributed by atoms with E-state index in [4.69, 9.17) is 0 Å². The van der Waals surface area contributed by atoms with E-state index in [1.165, 1.54) is 0 Å². The molecule has 4 nitrogen and oxygen atoms in total. The van der Waals surface area contributed by atoms with Gasteiger partial charge in [-0.05, 0) is 29.8 Å². The quantitative estimate of drug-likeness (QED) is 0.726. The molecule has 0 aliphatic heterocycles. The standard InChI is InChI=1S/C17H17N3OS/c1-19(13-16-18-8-11-22-16)17(21)12-14-4-6-15(7-5-14)20-9-2-3-10-20/h2-11H,12-13H2,1H3. The van der Waals surface area contributed by atoms with E-state index < -0.39 is 0 Å². The molecule has 0 spiro atoms. The van der Waals surface area contributed by atoms with E-state index in [1.807, 2.05) is 65.8 Å². The van der Waals surface area contributed by atoms with Crippen LogP contribution in [0.25, 0.3) is 5.69 Å². The molecule has 3 aromatic rings. The van der Waals surface area contributed by atoms with Crippen LogP contribution in [-0.4, -0.2) is 27.4 Å². The number of thiazole rings is 1. The Morgan fingerprint density at radius 2 is 1.95 bits per heavy atom. The SMILES string of the molecule is CN(Cc1nccs1)C(=O)Cc1ccc(-n2cccc2)cc1. The summed E-state index contributed by atoms with van der Waals surface area (Å²) in [4.78, 5) is 18.2.